The van der Waals surface area contributed by atoms with Gasteiger partial charge in [0.2, 0.25) is 11.9 Å². The molecule has 3 aliphatic rings. The number of anilines is 3. The molecule has 6 rings (SSSR count). The third-order valence-electron chi connectivity index (χ3n) is 8.57. The van der Waals surface area contributed by atoms with Crippen molar-refractivity contribution >= 4 is 23.5 Å². The monoisotopic (exact) mass is 499 g/mol. The summed E-state index contributed by atoms with van der Waals surface area (Å²) in [4.78, 5) is 29.0. The first kappa shape index (κ1) is 23.9. The van der Waals surface area contributed by atoms with Crippen LogP contribution in [0.2, 0.25) is 0 Å². The highest BCUT2D eigenvalue weighted by Crippen LogP contribution is 2.31. The highest BCUT2D eigenvalue weighted by molar-refractivity contribution is 5.80. The van der Waals surface area contributed by atoms with Gasteiger partial charge in [-0.05, 0) is 68.6 Å². The van der Waals surface area contributed by atoms with Crippen LogP contribution in [-0.4, -0.2) is 44.6 Å². The Morgan fingerprint density at radius 2 is 1.68 bits per heavy atom. The van der Waals surface area contributed by atoms with Crippen molar-refractivity contribution in [2.24, 2.45) is 5.92 Å². The molecule has 1 aromatic carbocycles. The molecule has 0 saturated heterocycles. The Labute approximate surface area is 218 Å². The molecule has 0 bridgehead atoms. The molecular weight excluding hydrogens is 462 g/mol. The van der Waals surface area contributed by atoms with Crippen LogP contribution in [-0.2, 0) is 17.6 Å². The summed E-state index contributed by atoms with van der Waals surface area (Å²) in [5.41, 5.74) is 2.65. The number of benzene rings is 1. The molecule has 0 unspecified atom stereocenters. The van der Waals surface area contributed by atoms with E-state index in [4.69, 9.17) is 4.98 Å². The summed E-state index contributed by atoms with van der Waals surface area (Å²) in [5, 5.41) is 6.70. The normalized spacial score (nSPS) is 22.1. The quantitative estimate of drug-likeness (QED) is 0.485. The Morgan fingerprint density at radius 3 is 2.41 bits per heavy atom. The lowest BCUT2D eigenvalue weighted by atomic mass is 9.90. The molecule has 0 radical (unpaired) electrons. The number of aromatic nitrogens is 4. The van der Waals surface area contributed by atoms with E-state index in [1.165, 1.54) is 36.8 Å². The number of hydrogen-bond acceptors (Lipinski definition) is 6. The third kappa shape index (κ3) is 5.33. The van der Waals surface area contributed by atoms with Crippen molar-refractivity contribution in [3.8, 4) is 0 Å². The number of rotatable bonds is 7. The van der Waals surface area contributed by atoms with Crippen molar-refractivity contribution < 1.29 is 4.79 Å². The predicted molar refractivity (Wildman–Crippen MR) is 145 cm³/mol. The standard InChI is InChI=1S/C29H37N7O/c1-35(29-30-15-14-26(34-29)33-27-18-36(19-31-27)25-8-4-5-9-25)24-12-10-23(11-13-24)32-28(37)22-16-20-6-2-3-7-21(20)17-22/h2-3,6-7,14-15,18-19,22-25H,4-5,8-13,16-17H2,1H3,(H,32,37)(H,30,33,34). The lowest BCUT2D eigenvalue weighted by Crippen LogP contribution is -2.45. The topological polar surface area (TPSA) is 88.0 Å². The van der Waals surface area contributed by atoms with Gasteiger partial charge in [0.15, 0.2) is 0 Å². The van der Waals surface area contributed by atoms with Crippen LogP contribution in [0.3, 0.4) is 0 Å². The summed E-state index contributed by atoms with van der Waals surface area (Å²) in [6.45, 7) is 0. The smallest absolute Gasteiger partial charge is 0.227 e. The highest BCUT2D eigenvalue weighted by Gasteiger charge is 2.31. The first-order valence-electron chi connectivity index (χ1n) is 13.9. The number of nitrogens with zero attached hydrogens (tertiary/aromatic N) is 5. The summed E-state index contributed by atoms with van der Waals surface area (Å²) in [6.07, 6.45) is 16.6. The van der Waals surface area contributed by atoms with Crippen molar-refractivity contribution in [1.82, 2.24) is 24.8 Å². The second kappa shape index (κ2) is 10.5. The van der Waals surface area contributed by atoms with Gasteiger partial charge < -0.3 is 20.1 Å². The van der Waals surface area contributed by atoms with Crippen molar-refractivity contribution in [3.63, 3.8) is 0 Å². The Hall–Kier alpha value is -3.42. The molecule has 2 aromatic heterocycles. The highest BCUT2D eigenvalue weighted by atomic mass is 16.1. The van der Waals surface area contributed by atoms with Gasteiger partial charge in [0.1, 0.15) is 11.6 Å². The number of carbonyl (C=O) groups is 1. The number of amides is 1. The molecule has 8 heteroatoms. The Bertz CT molecular complexity index is 1200. The van der Waals surface area contributed by atoms with E-state index < -0.39 is 0 Å². The Balaban J connectivity index is 1.00. The average Bonchev–Trinajstić information content (AvgIpc) is 3.70. The first-order chi connectivity index (χ1) is 18.1. The van der Waals surface area contributed by atoms with Gasteiger partial charge in [0.25, 0.3) is 0 Å². The predicted octanol–water partition coefficient (Wildman–Crippen LogP) is 4.81. The van der Waals surface area contributed by atoms with Gasteiger partial charge in [-0.1, -0.05) is 37.1 Å². The SMILES string of the molecule is CN(c1nccc(Nc2cn(C3CCCC3)cn2)n1)C1CCC(NC(=O)C2Cc3ccccc3C2)CC1. The average molecular weight is 500 g/mol. The van der Waals surface area contributed by atoms with Crippen molar-refractivity contribution in [1.29, 1.82) is 0 Å². The fourth-order valence-corrected chi connectivity index (χ4v) is 6.36. The van der Waals surface area contributed by atoms with Crippen LogP contribution < -0.4 is 15.5 Å². The van der Waals surface area contributed by atoms with Crippen LogP contribution in [0.25, 0.3) is 0 Å². The zero-order valence-electron chi connectivity index (χ0n) is 21.6. The van der Waals surface area contributed by atoms with E-state index in [1.54, 1.807) is 6.20 Å². The minimum atomic E-state index is 0.0750. The molecule has 2 heterocycles. The van der Waals surface area contributed by atoms with Gasteiger partial charge in [0, 0.05) is 43.5 Å². The Morgan fingerprint density at radius 1 is 0.946 bits per heavy atom. The van der Waals surface area contributed by atoms with E-state index in [-0.39, 0.29) is 17.9 Å². The van der Waals surface area contributed by atoms with Crippen LogP contribution in [0.5, 0.6) is 0 Å². The maximum Gasteiger partial charge on any atom is 0.227 e. The molecule has 0 spiro atoms. The number of carbonyl (C=O) groups excluding carboxylic acids is 1. The number of fused-ring (bicyclic) bond motifs is 1. The molecule has 194 valence electrons. The van der Waals surface area contributed by atoms with E-state index in [0.29, 0.717) is 12.1 Å². The molecule has 0 atom stereocenters. The molecule has 37 heavy (non-hydrogen) atoms. The van der Waals surface area contributed by atoms with Gasteiger partial charge in [-0.2, -0.15) is 4.98 Å². The number of hydrogen-bond donors (Lipinski definition) is 2. The summed E-state index contributed by atoms with van der Waals surface area (Å²) >= 11 is 0. The molecule has 2 N–H and O–H groups in total. The molecule has 2 saturated carbocycles. The minimum Gasteiger partial charge on any atom is -0.353 e. The van der Waals surface area contributed by atoms with Crippen molar-refractivity contribution in [2.75, 3.05) is 17.3 Å². The number of nitrogens with one attached hydrogen (secondary N) is 2. The zero-order chi connectivity index (χ0) is 25.2. The van der Waals surface area contributed by atoms with E-state index in [0.717, 1.165) is 56.1 Å². The lowest BCUT2D eigenvalue weighted by Gasteiger charge is -2.35. The minimum absolute atomic E-state index is 0.0750. The van der Waals surface area contributed by atoms with Gasteiger partial charge in [-0.15, -0.1) is 0 Å². The second-order valence-corrected chi connectivity index (χ2v) is 11.0. The first-order valence-corrected chi connectivity index (χ1v) is 13.9. The molecule has 2 fully saturated rings. The summed E-state index contributed by atoms with van der Waals surface area (Å²) in [6, 6.07) is 11.5. The van der Waals surface area contributed by atoms with Crippen LogP contribution >= 0.6 is 0 Å². The fraction of sp³-hybridized carbons (Fsp3) is 0.517. The van der Waals surface area contributed by atoms with Crippen molar-refractivity contribution in [3.05, 3.63) is 60.2 Å². The van der Waals surface area contributed by atoms with E-state index in [1.807, 2.05) is 12.4 Å². The molecule has 1 amide bonds. The summed E-state index contributed by atoms with van der Waals surface area (Å²) in [7, 11) is 2.08. The number of imidazole rings is 1. The van der Waals surface area contributed by atoms with Gasteiger partial charge in [0.05, 0.1) is 6.33 Å². The molecule has 0 aliphatic heterocycles. The van der Waals surface area contributed by atoms with E-state index in [2.05, 4.69) is 67.6 Å². The summed E-state index contributed by atoms with van der Waals surface area (Å²) < 4.78 is 2.23. The van der Waals surface area contributed by atoms with Crippen LogP contribution in [0.4, 0.5) is 17.6 Å². The van der Waals surface area contributed by atoms with Crippen molar-refractivity contribution in [2.45, 2.75) is 82.3 Å². The molecular formula is C29H37N7O. The molecule has 8 nitrogen and oxygen atoms in total. The fourth-order valence-electron chi connectivity index (χ4n) is 6.36. The van der Waals surface area contributed by atoms with Crippen LogP contribution in [0.15, 0.2) is 49.1 Å². The largest absolute Gasteiger partial charge is 0.353 e. The maximum absolute atomic E-state index is 12.9. The second-order valence-electron chi connectivity index (χ2n) is 11.0. The van der Waals surface area contributed by atoms with Gasteiger partial charge in [-0.3, -0.25) is 4.79 Å². The summed E-state index contributed by atoms with van der Waals surface area (Å²) in [5.74, 6) is 2.58. The molecule has 3 aliphatic carbocycles. The Kier molecular flexibility index (Phi) is 6.81. The van der Waals surface area contributed by atoms with Crippen LogP contribution in [0, 0.1) is 5.92 Å². The van der Waals surface area contributed by atoms with Gasteiger partial charge in [-0.25, -0.2) is 9.97 Å². The maximum atomic E-state index is 12.9. The van der Waals surface area contributed by atoms with E-state index in [9.17, 15) is 4.79 Å². The zero-order valence-corrected chi connectivity index (χ0v) is 21.6. The lowest BCUT2D eigenvalue weighted by molar-refractivity contribution is -0.125. The van der Waals surface area contributed by atoms with Crippen LogP contribution in [0.1, 0.15) is 68.5 Å². The van der Waals surface area contributed by atoms with Gasteiger partial charge >= 0.3 is 0 Å². The molecule has 3 aromatic rings. The third-order valence-corrected chi connectivity index (χ3v) is 8.57. The van der Waals surface area contributed by atoms with E-state index >= 15 is 0 Å².